The minimum Gasteiger partial charge on any atom is -0.471 e. The molecule has 0 spiro atoms. The van der Waals surface area contributed by atoms with Crippen LogP contribution in [0.2, 0.25) is 0 Å². The normalized spacial score (nSPS) is 15.5. The van der Waals surface area contributed by atoms with Gasteiger partial charge in [0.2, 0.25) is 5.88 Å². The maximum Gasteiger partial charge on any atom is 0.221 e. The first kappa shape index (κ1) is 12.3. The smallest absolute Gasteiger partial charge is 0.221 e. The first-order valence-corrected chi connectivity index (χ1v) is 6.86. The molecule has 1 fully saturated rings. The van der Waals surface area contributed by atoms with Crippen molar-refractivity contribution in [2.75, 3.05) is 5.32 Å². The van der Waals surface area contributed by atoms with Crippen molar-refractivity contribution in [2.24, 2.45) is 0 Å². The first-order chi connectivity index (χ1) is 9.01. The number of rotatable bonds is 3. The zero-order chi connectivity index (χ0) is 13.5. The molecule has 1 heterocycles. The van der Waals surface area contributed by atoms with E-state index in [-0.39, 0.29) is 5.60 Å². The second-order valence-electron chi connectivity index (χ2n) is 6.19. The van der Waals surface area contributed by atoms with E-state index in [0.29, 0.717) is 11.9 Å². The summed E-state index contributed by atoms with van der Waals surface area (Å²) in [6, 6.07) is 9.06. The van der Waals surface area contributed by atoms with Crippen LogP contribution in [0.5, 0.6) is 5.88 Å². The van der Waals surface area contributed by atoms with Gasteiger partial charge in [-0.3, -0.25) is 0 Å². The van der Waals surface area contributed by atoms with Crippen molar-refractivity contribution in [3.63, 3.8) is 0 Å². The second kappa shape index (κ2) is 4.41. The Morgan fingerprint density at radius 3 is 2.68 bits per heavy atom. The van der Waals surface area contributed by atoms with Crippen LogP contribution < -0.4 is 10.1 Å². The topological polar surface area (TPSA) is 34.1 Å². The number of pyridine rings is 1. The summed E-state index contributed by atoms with van der Waals surface area (Å²) in [5.74, 6) is 0.712. The zero-order valence-corrected chi connectivity index (χ0v) is 11.7. The number of ether oxygens (including phenoxy) is 1. The average Bonchev–Trinajstić information content (AvgIpc) is 3.12. The molecule has 3 nitrogen and oxygen atoms in total. The van der Waals surface area contributed by atoms with E-state index in [0.717, 1.165) is 16.5 Å². The summed E-state index contributed by atoms with van der Waals surface area (Å²) in [5, 5.41) is 5.75. The molecule has 1 N–H and O–H groups in total. The van der Waals surface area contributed by atoms with Gasteiger partial charge < -0.3 is 10.1 Å². The summed E-state index contributed by atoms with van der Waals surface area (Å²) in [6.45, 7) is 6.12. The molecule has 0 aliphatic heterocycles. The lowest BCUT2D eigenvalue weighted by Crippen LogP contribution is -2.23. The van der Waals surface area contributed by atoms with E-state index in [4.69, 9.17) is 4.74 Å². The zero-order valence-electron chi connectivity index (χ0n) is 11.7. The van der Waals surface area contributed by atoms with Gasteiger partial charge in [0, 0.05) is 23.3 Å². The lowest BCUT2D eigenvalue weighted by atomic mass is 10.1. The number of anilines is 1. The fraction of sp³-hybridized carbons (Fsp3) is 0.438. The molecule has 100 valence electrons. The predicted molar refractivity (Wildman–Crippen MR) is 78.8 cm³/mol. The maximum atomic E-state index is 5.95. The van der Waals surface area contributed by atoms with Gasteiger partial charge in [-0.25, -0.2) is 4.98 Å². The van der Waals surface area contributed by atoms with E-state index in [1.165, 1.54) is 12.8 Å². The Labute approximate surface area is 114 Å². The molecule has 3 heteroatoms. The lowest BCUT2D eigenvalue weighted by Gasteiger charge is -2.21. The first-order valence-electron chi connectivity index (χ1n) is 6.86. The molecule has 1 aliphatic rings. The van der Waals surface area contributed by atoms with Gasteiger partial charge in [0.15, 0.2) is 0 Å². The minimum atomic E-state index is -0.235. The maximum absolute atomic E-state index is 5.95. The van der Waals surface area contributed by atoms with E-state index >= 15 is 0 Å². The molecule has 0 unspecified atom stereocenters. The largest absolute Gasteiger partial charge is 0.471 e. The monoisotopic (exact) mass is 256 g/mol. The average molecular weight is 256 g/mol. The van der Waals surface area contributed by atoms with Gasteiger partial charge >= 0.3 is 0 Å². The van der Waals surface area contributed by atoms with Gasteiger partial charge in [0.05, 0.1) is 0 Å². The second-order valence-corrected chi connectivity index (χ2v) is 6.19. The van der Waals surface area contributed by atoms with Gasteiger partial charge in [0.1, 0.15) is 5.60 Å². The van der Waals surface area contributed by atoms with Crippen molar-refractivity contribution in [1.82, 2.24) is 4.98 Å². The molecule has 1 aromatic heterocycles. The Morgan fingerprint density at radius 1 is 1.21 bits per heavy atom. The highest BCUT2D eigenvalue weighted by Crippen LogP contribution is 2.31. The standard InChI is InChI=1S/C16H20N2O/c1-16(2,3)19-15-14-10-13(18-12-6-7-12)5-4-11(14)8-9-17-15/h4-5,8-10,12,18H,6-7H2,1-3H3. The Hall–Kier alpha value is -1.77. The van der Waals surface area contributed by atoms with Crippen LogP contribution >= 0.6 is 0 Å². The molecular weight excluding hydrogens is 236 g/mol. The summed E-state index contributed by atoms with van der Waals surface area (Å²) in [7, 11) is 0. The SMILES string of the molecule is CC(C)(C)Oc1nccc2ccc(NC3CC3)cc12. The highest BCUT2D eigenvalue weighted by atomic mass is 16.5. The fourth-order valence-corrected chi connectivity index (χ4v) is 2.07. The summed E-state index contributed by atoms with van der Waals surface area (Å²) < 4.78 is 5.95. The van der Waals surface area contributed by atoms with Crippen LogP contribution in [-0.4, -0.2) is 16.6 Å². The molecule has 3 rings (SSSR count). The van der Waals surface area contributed by atoms with E-state index < -0.39 is 0 Å². The number of hydrogen-bond acceptors (Lipinski definition) is 3. The number of nitrogens with one attached hydrogen (secondary N) is 1. The third kappa shape index (κ3) is 2.98. The van der Waals surface area contributed by atoms with E-state index in [1.807, 2.05) is 26.8 Å². The number of nitrogens with zero attached hydrogens (tertiary/aromatic N) is 1. The highest BCUT2D eigenvalue weighted by Gasteiger charge is 2.21. The molecule has 0 atom stereocenters. The van der Waals surface area contributed by atoms with E-state index in [2.05, 4.69) is 28.5 Å². The molecule has 0 radical (unpaired) electrons. The van der Waals surface area contributed by atoms with Crippen molar-refractivity contribution in [3.05, 3.63) is 30.5 Å². The Balaban J connectivity index is 1.99. The molecular formula is C16H20N2O. The van der Waals surface area contributed by atoms with Crippen LogP contribution in [-0.2, 0) is 0 Å². The van der Waals surface area contributed by atoms with Crippen LogP contribution in [0.3, 0.4) is 0 Å². The van der Waals surface area contributed by atoms with E-state index in [1.54, 1.807) is 6.20 Å². The molecule has 0 amide bonds. The fourth-order valence-electron chi connectivity index (χ4n) is 2.07. The summed E-state index contributed by atoms with van der Waals surface area (Å²) in [6.07, 6.45) is 4.35. The third-order valence-electron chi connectivity index (χ3n) is 3.08. The van der Waals surface area contributed by atoms with Crippen molar-refractivity contribution in [2.45, 2.75) is 45.3 Å². The minimum absolute atomic E-state index is 0.235. The van der Waals surface area contributed by atoms with Gasteiger partial charge in [0.25, 0.3) is 0 Å². The Kier molecular flexibility index (Phi) is 2.85. The predicted octanol–water partition coefficient (Wildman–Crippen LogP) is 3.99. The Bertz CT molecular complexity index is 597. The van der Waals surface area contributed by atoms with Crippen LogP contribution in [0, 0.1) is 0 Å². The molecule has 1 aliphatic carbocycles. The highest BCUT2D eigenvalue weighted by molar-refractivity contribution is 5.89. The van der Waals surface area contributed by atoms with Crippen molar-refractivity contribution >= 4 is 16.5 Å². The summed E-state index contributed by atoms with van der Waals surface area (Å²) >= 11 is 0. The molecule has 2 aromatic rings. The number of aromatic nitrogens is 1. The van der Waals surface area contributed by atoms with Crippen LogP contribution in [0.15, 0.2) is 30.5 Å². The number of fused-ring (bicyclic) bond motifs is 1. The Morgan fingerprint density at radius 2 is 2.00 bits per heavy atom. The van der Waals surface area contributed by atoms with Crippen molar-refractivity contribution in [3.8, 4) is 5.88 Å². The number of hydrogen-bond donors (Lipinski definition) is 1. The van der Waals surface area contributed by atoms with Gasteiger partial charge in [-0.15, -0.1) is 0 Å². The quantitative estimate of drug-likeness (QED) is 0.901. The lowest BCUT2D eigenvalue weighted by molar-refractivity contribution is 0.126. The van der Waals surface area contributed by atoms with Gasteiger partial charge in [-0.2, -0.15) is 0 Å². The van der Waals surface area contributed by atoms with Gasteiger partial charge in [-0.05, 0) is 57.2 Å². The molecule has 0 bridgehead atoms. The summed E-state index contributed by atoms with van der Waals surface area (Å²) in [4.78, 5) is 4.38. The van der Waals surface area contributed by atoms with Crippen molar-refractivity contribution < 1.29 is 4.74 Å². The van der Waals surface area contributed by atoms with Crippen molar-refractivity contribution in [1.29, 1.82) is 0 Å². The molecule has 19 heavy (non-hydrogen) atoms. The molecule has 1 saturated carbocycles. The van der Waals surface area contributed by atoms with Crippen LogP contribution in [0.25, 0.3) is 10.8 Å². The van der Waals surface area contributed by atoms with Crippen LogP contribution in [0.4, 0.5) is 5.69 Å². The third-order valence-corrected chi connectivity index (χ3v) is 3.08. The molecule has 0 saturated heterocycles. The van der Waals surface area contributed by atoms with Crippen LogP contribution in [0.1, 0.15) is 33.6 Å². The molecule has 1 aromatic carbocycles. The van der Waals surface area contributed by atoms with Gasteiger partial charge in [-0.1, -0.05) is 6.07 Å². The number of benzene rings is 1. The van der Waals surface area contributed by atoms with E-state index in [9.17, 15) is 0 Å². The summed E-state index contributed by atoms with van der Waals surface area (Å²) in [5.41, 5.74) is 0.919.